The molecule has 2 atom stereocenters. The van der Waals surface area contributed by atoms with Crippen LogP contribution in [0.4, 0.5) is 0 Å². The van der Waals surface area contributed by atoms with Gasteiger partial charge in [-0.25, -0.2) is 4.98 Å². The van der Waals surface area contributed by atoms with Crippen molar-refractivity contribution in [3.63, 3.8) is 0 Å². The maximum absolute atomic E-state index is 13.1. The Morgan fingerprint density at radius 2 is 2.00 bits per heavy atom. The second kappa shape index (κ2) is 8.97. The van der Waals surface area contributed by atoms with Gasteiger partial charge in [0.1, 0.15) is 17.2 Å². The molecule has 0 radical (unpaired) electrons. The lowest BCUT2D eigenvalue weighted by molar-refractivity contribution is -0.0586. The predicted molar refractivity (Wildman–Crippen MR) is 129 cm³/mol. The number of amides is 1. The molecule has 1 saturated carbocycles. The van der Waals surface area contributed by atoms with Crippen LogP contribution in [0.1, 0.15) is 66.6 Å². The third-order valence-electron chi connectivity index (χ3n) is 6.77. The first-order chi connectivity index (χ1) is 16.8. The molecule has 8 heteroatoms. The highest BCUT2D eigenvalue weighted by Gasteiger charge is 2.42. The van der Waals surface area contributed by atoms with Gasteiger partial charge in [-0.05, 0) is 45.7 Å². The number of allylic oxidation sites excluding steroid dienone is 2. The van der Waals surface area contributed by atoms with Gasteiger partial charge < -0.3 is 19.1 Å². The maximum atomic E-state index is 13.1. The molecule has 1 amide bonds. The summed E-state index contributed by atoms with van der Waals surface area (Å²) >= 11 is 0. The Hall–Kier alpha value is -3.44. The quantitative estimate of drug-likeness (QED) is 0.629. The number of nitrogens with zero attached hydrogens (tertiary/aromatic N) is 4. The SMILES string of the molecule is COc1cc(C(=O)N2C[C@@H](C)O[C@@H](C)C2)ccc1Cc1nc2c(c(OC3(C)CC3)n1)C(C#N)=CC2. The molecule has 2 heterocycles. The number of morpholine rings is 1. The number of carbonyl (C=O) groups is 1. The molecule has 2 aromatic rings. The second-order valence-corrected chi connectivity index (χ2v) is 9.92. The zero-order valence-electron chi connectivity index (χ0n) is 20.6. The lowest BCUT2D eigenvalue weighted by atomic mass is 10.0. The summed E-state index contributed by atoms with van der Waals surface area (Å²) in [5, 5.41) is 9.53. The van der Waals surface area contributed by atoms with Gasteiger partial charge in [-0.3, -0.25) is 4.79 Å². The average molecular weight is 475 g/mol. The molecule has 0 unspecified atom stereocenters. The molecule has 0 bridgehead atoms. The zero-order chi connectivity index (χ0) is 24.7. The lowest BCUT2D eigenvalue weighted by Gasteiger charge is -2.35. The van der Waals surface area contributed by atoms with E-state index in [2.05, 4.69) is 13.0 Å². The van der Waals surface area contributed by atoms with Gasteiger partial charge in [0, 0.05) is 37.1 Å². The molecular formula is C27H30N4O4. The molecule has 1 saturated heterocycles. The fourth-order valence-corrected chi connectivity index (χ4v) is 4.74. The Bertz CT molecular complexity index is 1230. The summed E-state index contributed by atoms with van der Waals surface area (Å²) in [4.78, 5) is 24.4. The summed E-state index contributed by atoms with van der Waals surface area (Å²) in [6.45, 7) is 7.15. The Morgan fingerprint density at radius 1 is 1.26 bits per heavy atom. The van der Waals surface area contributed by atoms with Gasteiger partial charge in [0.2, 0.25) is 5.88 Å². The monoisotopic (exact) mass is 474 g/mol. The van der Waals surface area contributed by atoms with E-state index in [0.717, 1.165) is 24.1 Å². The van der Waals surface area contributed by atoms with Crippen molar-refractivity contribution in [1.29, 1.82) is 5.26 Å². The topological polar surface area (TPSA) is 97.6 Å². The van der Waals surface area contributed by atoms with Crippen molar-refractivity contribution in [2.24, 2.45) is 0 Å². The van der Waals surface area contributed by atoms with E-state index >= 15 is 0 Å². The molecule has 2 fully saturated rings. The van der Waals surface area contributed by atoms with Gasteiger partial charge in [-0.15, -0.1) is 0 Å². The summed E-state index contributed by atoms with van der Waals surface area (Å²) < 4.78 is 17.6. The van der Waals surface area contributed by atoms with E-state index in [9.17, 15) is 10.1 Å². The molecule has 0 spiro atoms. The number of hydrogen-bond acceptors (Lipinski definition) is 7. The van der Waals surface area contributed by atoms with Crippen LogP contribution in [0.2, 0.25) is 0 Å². The van der Waals surface area contributed by atoms with E-state index in [-0.39, 0.29) is 23.7 Å². The third kappa shape index (κ3) is 4.73. The number of methoxy groups -OCH3 is 1. The van der Waals surface area contributed by atoms with Crippen molar-refractivity contribution < 1.29 is 19.0 Å². The van der Waals surface area contributed by atoms with E-state index in [1.54, 1.807) is 13.2 Å². The largest absolute Gasteiger partial charge is 0.496 e. The maximum Gasteiger partial charge on any atom is 0.254 e. The Kier molecular flexibility index (Phi) is 5.97. The number of nitriles is 1. The van der Waals surface area contributed by atoms with Gasteiger partial charge in [0.25, 0.3) is 5.91 Å². The van der Waals surface area contributed by atoms with Crippen LogP contribution < -0.4 is 9.47 Å². The molecule has 3 aliphatic rings. The third-order valence-corrected chi connectivity index (χ3v) is 6.77. The first-order valence-corrected chi connectivity index (χ1v) is 12.1. The molecule has 1 aliphatic heterocycles. The Balaban J connectivity index is 1.41. The van der Waals surface area contributed by atoms with Gasteiger partial charge in [-0.1, -0.05) is 12.1 Å². The van der Waals surface area contributed by atoms with Crippen LogP contribution in [-0.2, 0) is 17.6 Å². The van der Waals surface area contributed by atoms with Crippen LogP contribution in [0.25, 0.3) is 5.57 Å². The van der Waals surface area contributed by atoms with Gasteiger partial charge >= 0.3 is 0 Å². The predicted octanol–water partition coefficient (Wildman–Crippen LogP) is 3.72. The van der Waals surface area contributed by atoms with E-state index in [0.29, 0.717) is 60.1 Å². The molecule has 1 aromatic heterocycles. The number of benzene rings is 1. The first kappa shape index (κ1) is 23.3. The zero-order valence-corrected chi connectivity index (χ0v) is 20.6. The normalized spacial score (nSPS) is 22.1. The molecular weight excluding hydrogens is 444 g/mol. The van der Waals surface area contributed by atoms with Crippen LogP contribution in [0.5, 0.6) is 11.6 Å². The number of rotatable bonds is 6. The second-order valence-electron chi connectivity index (χ2n) is 9.92. The minimum absolute atomic E-state index is 0.00572. The minimum atomic E-state index is -0.225. The smallest absolute Gasteiger partial charge is 0.254 e. The summed E-state index contributed by atoms with van der Waals surface area (Å²) in [7, 11) is 1.60. The van der Waals surface area contributed by atoms with Crippen molar-refractivity contribution in [1.82, 2.24) is 14.9 Å². The van der Waals surface area contributed by atoms with Crippen LogP contribution in [0.15, 0.2) is 24.3 Å². The lowest BCUT2D eigenvalue weighted by Crippen LogP contribution is -2.48. The van der Waals surface area contributed by atoms with Gasteiger partial charge in [0.15, 0.2) is 0 Å². The highest BCUT2D eigenvalue weighted by Crippen LogP contribution is 2.42. The first-order valence-electron chi connectivity index (χ1n) is 12.1. The fourth-order valence-electron chi connectivity index (χ4n) is 4.74. The number of carbonyl (C=O) groups excluding carboxylic acids is 1. The number of fused-ring (bicyclic) bond motifs is 1. The number of ether oxygens (including phenoxy) is 3. The van der Waals surface area contributed by atoms with E-state index in [1.165, 1.54) is 0 Å². The van der Waals surface area contributed by atoms with Crippen LogP contribution in [-0.4, -0.2) is 58.8 Å². The summed E-state index contributed by atoms with van der Waals surface area (Å²) in [5.74, 6) is 1.66. The van der Waals surface area contributed by atoms with Crippen LogP contribution >= 0.6 is 0 Å². The summed E-state index contributed by atoms with van der Waals surface area (Å²) in [6.07, 6.45) is 4.83. The summed E-state index contributed by atoms with van der Waals surface area (Å²) in [6, 6.07) is 7.76. The Morgan fingerprint density at radius 3 is 2.66 bits per heavy atom. The number of hydrogen-bond donors (Lipinski definition) is 0. The number of aromatic nitrogens is 2. The fraction of sp³-hybridized carbons (Fsp3) is 0.481. The molecule has 182 valence electrons. The standard InChI is InChI=1S/C27H30N4O4/c1-16-14-31(15-17(2)34-16)26(32)19-6-5-18(22(11-19)33-4)12-23-29-21-8-7-20(13-28)24(21)25(30-23)35-27(3)9-10-27/h5-7,11,16-17H,8-10,12,14-15H2,1-4H3/t16-,17+. The van der Waals surface area contributed by atoms with E-state index in [1.807, 2.05) is 37.0 Å². The minimum Gasteiger partial charge on any atom is -0.496 e. The van der Waals surface area contributed by atoms with Gasteiger partial charge in [-0.2, -0.15) is 10.2 Å². The highest BCUT2D eigenvalue weighted by molar-refractivity contribution is 5.95. The van der Waals surface area contributed by atoms with Crippen molar-refractivity contribution in [3.8, 4) is 17.7 Å². The molecule has 1 aromatic carbocycles. The van der Waals surface area contributed by atoms with Crippen molar-refractivity contribution >= 4 is 11.5 Å². The van der Waals surface area contributed by atoms with E-state index in [4.69, 9.17) is 24.2 Å². The van der Waals surface area contributed by atoms with Crippen LogP contribution in [0, 0.1) is 11.3 Å². The van der Waals surface area contributed by atoms with E-state index < -0.39 is 0 Å². The Labute approximate surface area is 205 Å². The molecule has 0 N–H and O–H groups in total. The summed E-state index contributed by atoms with van der Waals surface area (Å²) in [5.41, 5.74) is 3.32. The van der Waals surface area contributed by atoms with Gasteiger partial charge in [0.05, 0.1) is 42.2 Å². The molecule has 2 aliphatic carbocycles. The average Bonchev–Trinajstić information content (AvgIpc) is 3.40. The molecule has 35 heavy (non-hydrogen) atoms. The van der Waals surface area contributed by atoms with Crippen LogP contribution in [0.3, 0.4) is 0 Å². The van der Waals surface area contributed by atoms with Crippen molar-refractivity contribution in [2.45, 2.75) is 64.3 Å². The highest BCUT2D eigenvalue weighted by atomic mass is 16.5. The molecule has 5 rings (SSSR count). The van der Waals surface area contributed by atoms with Crippen molar-refractivity contribution in [3.05, 3.63) is 52.5 Å². The molecule has 8 nitrogen and oxygen atoms in total. The van der Waals surface area contributed by atoms with Crippen molar-refractivity contribution in [2.75, 3.05) is 20.2 Å².